The lowest BCUT2D eigenvalue weighted by molar-refractivity contribution is 0.0759. The molecule has 1 aliphatic heterocycles. The van der Waals surface area contributed by atoms with Gasteiger partial charge in [0.05, 0.1) is 0 Å². The van der Waals surface area contributed by atoms with Crippen LogP contribution < -0.4 is 5.73 Å². The summed E-state index contributed by atoms with van der Waals surface area (Å²) in [5, 5.41) is 2.22. The molecule has 4 nitrogen and oxygen atoms in total. The van der Waals surface area contributed by atoms with Gasteiger partial charge >= 0.3 is 0 Å². The van der Waals surface area contributed by atoms with Crippen LogP contribution in [-0.4, -0.2) is 28.9 Å². The Kier molecular flexibility index (Phi) is 2.01. The molecule has 2 fully saturated rings. The van der Waals surface area contributed by atoms with Crippen LogP contribution in [0.5, 0.6) is 0 Å². The van der Waals surface area contributed by atoms with Crippen molar-refractivity contribution in [1.29, 1.82) is 0 Å². The number of likely N-dealkylation sites (tertiary alicyclic amines) is 1. The molecule has 2 heterocycles. The number of anilines is 1. The van der Waals surface area contributed by atoms with Crippen molar-refractivity contribution >= 4 is 22.4 Å². The van der Waals surface area contributed by atoms with Gasteiger partial charge in [0.1, 0.15) is 5.69 Å². The third kappa shape index (κ3) is 1.34. The largest absolute Gasteiger partial charge is 0.375 e. The van der Waals surface area contributed by atoms with E-state index >= 15 is 0 Å². The smallest absolute Gasteiger partial charge is 0.273 e. The number of piperidine rings is 1. The molecule has 1 amide bonds. The van der Waals surface area contributed by atoms with Crippen LogP contribution in [0.3, 0.4) is 0 Å². The van der Waals surface area contributed by atoms with Gasteiger partial charge in [-0.3, -0.25) is 4.79 Å². The molecule has 0 bridgehead atoms. The van der Waals surface area contributed by atoms with Crippen LogP contribution in [0.2, 0.25) is 0 Å². The summed E-state index contributed by atoms with van der Waals surface area (Å²) in [6.45, 7) is 4.03. The van der Waals surface area contributed by atoms with Crippen molar-refractivity contribution in [1.82, 2.24) is 9.88 Å². The van der Waals surface area contributed by atoms with Crippen molar-refractivity contribution in [3.8, 4) is 0 Å². The Hall–Kier alpha value is -1.10. The first-order chi connectivity index (χ1) is 7.64. The van der Waals surface area contributed by atoms with Gasteiger partial charge in [-0.25, -0.2) is 4.98 Å². The minimum Gasteiger partial charge on any atom is -0.375 e. The molecule has 16 heavy (non-hydrogen) atoms. The molecule has 1 aromatic heterocycles. The van der Waals surface area contributed by atoms with Gasteiger partial charge in [-0.15, -0.1) is 11.3 Å². The van der Waals surface area contributed by atoms with E-state index in [1.54, 1.807) is 5.38 Å². The van der Waals surface area contributed by atoms with E-state index < -0.39 is 0 Å². The van der Waals surface area contributed by atoms with E-state index in [2.05, 4.69) is 11.9 Å². The number of fused-ring (bicyclic) bond motifs is 1. The van der Waals surface area contributed by atoms with E-state index in [4.69, 9.17) is 5.73 Å². The number of thiazole rings is 1. The fourth-order valence-electron chi connectivity index (χ4n) is 2.84. The number of hydrogen-bond donors (Lipinski definition) is 1. The third-order valence-electron chi connectivity index (χ3n) is 4.04. The lowest BCUT2D eigenvalue weighted by atomic mass is 10.0. The van der Waals surface area contributed by atoms with Gasteiger partial charge in [-0.2, -0.15) is 0 Å². The molecule has 2 aliphatic rings. The van der Waals surface area contributed by atoms with Crippen LogP contribution in [0.4, 0.5) is 5.13 Å². The fraction of sp³-hybridized carbons (Fsp3) is 0.636. The number of carbonyl (C=O) groups is 1. The Morgan fingerprint density at radius 1 is 1.81 bits per heavy atom. The summed E-state index contributed by atoms with van der Waals surface area (Å²) in [4.78, 5) is 18.1. The summed E-state index contributed by atoms with van der Waals surface area (Å²) >= 11 is 1.33. The fourth-order valence-corrected chi connectivity index (χ4v) is 3.38. The Morgan fingerprint density at radius 2 is 2.62 bits per heavy atom. The number of nitrogen functional groups attached to an aromatic ring is 1. The number of nitrogens with zero attached hydrogens (tertiary/aromatic N) is 2. The molecule has 86 valence electrons. The normalized spacial score (nSPS) is 31.6. The second-order valence-corrected chi connectivity index (χ2v) is 5.76. The predicted molar refractivity (Wildman–Crippen MR) is 63.3 cm³/mol. The van der Waals surface area contributed by atoms with Crippen LogP contribution in [0.1, 0.15) is 30.3 Å². The highest BCUT2D eigenvalue weighted by molar-refractivity contribution is 7.13. The Balaban J connectivity index is 1.74. The lowest BCUT2D eigenvalue weighted by Crippen LogP contribution is -2.32. The summed E-state index contributed by atoms with van der Waals surface area (Å²) in [7, 11) is 0. The maximum absolute atomic E-state index is 12.1. The highest BCUT2D eigenvalue weighted by Gasteiger charge is 2.59. The van der Waals surface area contributed by atoms with E-state index in [0.717, 1.165) is 19.0 Å². The first-order valence-corrected chi connectivity index (χ1v) is 6.53. The number of nitrogens with two attached hydrogens (primary N) is 1. The molecule has 0 aromatic carbocycles. The van der Waals surface area contributed by atoms with Crippen LogP contribution in [-0.2, 0) is 0 Å². The summed E-state index contributed by atoms with van der Waals surface area (Å²) < 4.78 is 0. The minimum absolute atomic E-state index is 0.0491. The monoisotopic (exact) mass is 237 g/mol. The summed E-state index contributed by atoms with van der Waals surface area (Å²) in [6, 6.07) is 0. The Morgan fingerprint density at radius 3 is 3.19 bits per heavy atom. The molecule has 1 aliphatic carbocycles. The molecule has 2 atom stereocenters. The summed E-state index contributed by atoms with van der Waals surface area (Å²) in [5.74, 6) is 0.783. The molecule has 1 saturated heterocycles. The maximum Gasteiger partial charge on any atom is 0.273 e. The van der Waals surface area contributed by atoms with Crippen LogP contribution in [0, 0.1) is 11.3 Å². The first kappa shape index (κ1) is 10.1. The number of rotatable bonds is 2. The van der Waals surface area contributed by atoms with Gasteiger partial charge in [0.15, 0.2) is 5.13 Å². The van der Waals surface area contributed by atoms with Gasteiger partial charge < -0.3 is 10.6 Å². The van der Waals surface area contributed by atoms with Gasteiger partial charge in [0, 0.05) is 18.5 Å². The van der Waals surface area contributed by atoms with Gasteiger partial charge in [-0.05, 0) is 24.2 Å². The van der Waals surface area contributed by atoms with E-state index in [-0.39, 0.29) is 5.91 Å². The zero-order chi connectivity index (χ0) is 11.3. The average Bonchev–Trinajstić information content (AvgIpc) is 2.64. The van der Waals surface area contributed by atoms with E-state index in [0.29, 0.717) is 16.2 Å². The van der Waals surface area contributed by atoms with Crippen LogP contribution >= 0.6 is 11.3 Å². The second-order valence-electron chi connectivity index (χ2n) is 4.87. The summed E-state index contributed by atoms with van der Waals surface area (Å²) in [5.41, 5.74) is 6.49. The van der Waals surface area contributed by atoms with Crippen molar-refractivity contribution in [3.05, 3.63) is 11.1 Å². The molecule has 1 aromatic rings. The zero-order valence-corrected chi connectivity index (χ0v) is 10.1. The highest BCUT2D eigenvalue weighted by atomic mass is 32.1. The Bertz CT molecular complexity index is 440. The van der Waals surface area contributed by atoms with Crippen LogP contribution in [0.25, 0.3) is 0 Å². The quantitative estimate of drug-likeness (QED) is 0.850. The van der Waals surface area contributed by atoms with Crippen molar-refractivity contribution in [2.24, 2.45) is 11.3 Å². The predicted octanol–water partition coefficient (Wildman–Crippen LogP) is 1.60. The number of hydrogen-bond acceptors (Lipinski definition) is 4. The van der Waals surface area contributed by atoms with Gasteiger partial charge in [0.2, 0.25) is 0 Å². The molecule has 2 unspecified atom stereocenters. The molecular formula is C11H15N3OS. The van der Waals surface area contributed by atoms with Crippen molar-refractivity contribution in [2.75, 3.05) is 18.8 Å². The van der Waals surface area contributed by atoms with Gasteiger partial charge in [0.25, 0.3) is 5.91 Å². The molecule has 3 rings (SSSR count). The van der Waals surface area contributed by atoms with Gasteiger partial charge in [-0.1, -0.05) is 6.92 Å². The molecule has 2 N–H and O–H groups in total. The molecule has 5 heteroatoms. The number of amides is 1. The number of carbonyl (C=O) groups excluding carboxylic acids is 1. The maximum atomic E-state index is 12.1. The third-order valence-corrected chi connectivity index (χ3v) is 4.71. The Labute approximate surface area is 98.5 Å². The van der Waals surface area contributed by atoms with Crippen molar-refractivity contribution in [3.63, 3.8) is 0 Å². The first-order valence-electron chi connectivity index (χ1n) is 5.65. The lowest BCUT2D eigenvalue weighted by Gasteiger charge is -2.19. The second kappa shape index (κ2) is 3.20. The molecular weight excluding hydrogens is 222 g/mol. The molecule has 0 radical (unpaired) electrons. The van der Waals surface area contributed by atoms with E-state index in [9.17, 15) is 4.79 Å². The zero-order valence-electron chi connectivity index (χ0n) is 9.27. The molecule has 0 spiro atoms. The van der Waals surface area contributed by atoms with Crippen LogP contribution in [0.15, 0.2) is 5.38 Å². The SMILES string of the molecule is CCC12CC1CN(C(=O)c1csc(N)n1)C2. The topological polar surface area (TPSA) is 59.2 Å². The minimum atomic E-state index is 0.0491. The standard InChI is InChI=1S/C11H15N3OS/c1-2-11-3-7(11)4-14(6-11)9(15)8-5-16-10(12)13-8/h5,7H,2-4,6H2,1H3,(H2,12,13). The van der Waals surface area contributed by atoms with E-state index in [1.807, 2.05) is 4.90 Å². The average molecular weight is 237 g/mol. The van der Waals surface area contributed by atoms with Crippen molar-refractivity contribution < 1.29 is 4.79 Å². The van der Waals surface area contributed by atoms with Crippen molar-refractivity contribution in [2.45, 2.75) is 19.8 Å². The highest BCUT2D eigenvalue weighted by Crippen LogP contribution is 2.59. The summed E-state index contributed by atoms with van der Waals surface area (Å²) in [6.07, 6.45) is 2.48. The number of aromatic nitrogens is 1. The van der Waals surface area contributed by atoms with E-state index in [1.165, 1.54) is 24.2 Å². The molecule has 1 saturated carbocycles.